The number of esters is 1. The van der Waals surface area contributed by atoms with Crippen molar-refractivity contribution in [3.63, 3.8) is 0 Å². The Morgan fingerprint density at radius 3 is 2.60 bits per heavy atom. The lowest BCUT2D eigenvalue weighted by molar-refractivity contribution is -0.143. The molecule has 114 valence electrons. The number of amides is 2. The lowest BCUT2D eigenvalue weighted by Crippen LogP contribution is -2.48. The monoisotopic (exact) mass is 286 g/mol. The number of aliphatic carboxylic acids is 1. The van der Waals surface area contributed by atoms with E-state index in [2.05, 4.69) is 10.1 Å². The van der Waals surface area contributed by atoms with Gasteiger partial charge in [0.15, 0.2) is 0 Å². The molecule has 2 amide bonds. The van der Waals surface area contributed by atoms with E-state index in [1.165, 1.54) is 12.0 Å². The molecular formula is C13H22N2O5. The molecule has 0 radical (unpaired) electrons. The minimum atomic E-state index is -0.814. The summed E-state index contributed by atoms with van der Waals surface area (Å²) in [5, 5.41) is 11.8. The number of carbonyl (C=O) groups excluding carboxylic acids is 2. The Morgan fingerprint density at radius 2 is 2.05 bits per heavy atom. The summed E-state index contributed by atoms with van der Waals surface area (Å²) in [6, 6.07) is -0.502. The van der Waals surface area contributed by atoms with Crippen LogP contribution in [0.3, 0.4) is 0 Å². The van der Waals surface area contributed by atoms with E-state index in [1.807, 2.05) is 0 Å². The van der Waals surface area contributed by atoms with Crippen molar-refractivity contribution in [1.29, 1.82) is 0 Å². The standard InChI is InChI=1S/C13H22N2O5/c1-3-15(8-11(16)20-2)13(19)14-10-6-4-5-9(7-10)12(17)18/h9-10H,3-8H2,1-2H3,(H,14,19)(H,17,18). The molecule has 0 aromatic carbocycles. The highest BCUT2D eigenvalue weighted by Gasteiger charge is 2.29. The third kappa shape index (κ3) is 4.71. The van der Waals surface area contributed by atoms with Crippen LogP contribution >= 0.6 is 0 Å². The Balaban J connectivity index is 2.51. The van der Waals surface area contributed by atoms with Crippen LogP contribution in [0, 0.1) is 5.92 Å². The Bertz CT molecular complexity index is 372. The van der Waals surface area contributed by atoms with Gasteiger partial charge in [-0.25, -0.2) is 4.79 Å². The van der Waals surface area contributed by atoms with Crippen molar-refractivity contribution in [2.45, 2.75) is 38.6 Å². The summed E-state index contributed by atoms with van der Waals surface area (Å²) in [7, 11) is 1.27. The zero-order valence-electron chi connectivity index (χ0n) is 11.9. The van der Waals surface area contributed by atoms with E-state index in [9.17, 15) is 14.4 Å². The molecule has 0 aromatic rings. The lowest BCUT2D eigenvalue weighted by Gasteiger charge is -2.29. The summed E-state index contributed by atoms with van der Waals surface area (Å²) >= 11 is 0. The molecule has 1 fully saturated rings. The first-order valence-corrected chi connectivity index (χ1v) is 6.83. The Labute approximate surface area is 118 Å². The topological polar surface area (TPSA) is 95.9 Å². The maximum absolute atomic E-state index is 12.0. The molecule has 2 atom stereocenters. The number of carboxylic acid groups (broad SMARTS) is 1. The van der Waals surface area contributed by atoms with Crippen molar-refractivity contribution in [2.24, 2.45) is 5.92 Å². The fourth-order valence-electron chi connectivity index (χ4n) is 2.36. The second-order valence-corrected chi connectivity index (χ2v) is 4.94. The molecule has 7 heteroatoms. The fraction of sp³-hybridized carbons (Fsp3) is 0.769. The van der Waals surface area contributed by atoms with Gasteiger partial charge in [-0.1, -0.05) is 6.42 Å². The number of ether oxygens (including phenoxy) is 1. The van der Waals surface area contributed by atoms with Crippen molar-refractivity contribution in [2.75, 3.05) is 20.2 Å². The predicted molar refractivity (Wildman–Crippen MR) is 71.2 cm³/mol. The van der Waals surface area contributed by atoms with Crippen LogP contribution in [0.1, 0.15) is 32.6 Å². The molecule has 1 aliphatic carbocycles. The second-order valence-electron chi connectivity index (χ2n) is 4.94. The van der Waals surface area contributed by atoms with Crippen molar-refractivity contribution in [3.8, 4) is 0 Å². The first-order valence-electron chi connectivity index (χ1n) is 6.83. The molecule has 2 unspecified atom stereocenters. The van der Waals surface area contributed by atoms with E-state index in [0.29, 0.717) is 19.4 Å². The minimum Gasteiger partial charge on any atom is -0.481 e. The maximum atomic E-state index is 12.0. The molecule has 7 nitrogen and oxygen atoms in total. The summed E-state index contributed by atoms with van der Waals surface area (Å²) in [5.74, 6) is -1.69. The van der Waals surface area contributed by atoms with Gasteiger partial charge in [-0.05, 0) is 26.2 Å². The van der Waals surface area contributed by atoms with E-state index in [-0.39, 0.29) is 18.6 Å². The third-order valence-electron chi connectivity index (χ3n) is 3.57. The number of hydrogen-bond donors (Lipinski definition) is 2. The average molecular weight is 286 g/mol. The largest absolute Gasteiger partial charge is 0.481 e. The maximum Gasteiger partial charge on any atom is 0.325 e. The molecular weight excluding hydrogens is 264 g/mol. The van der Waals surface area contributed by atoms with Gasteiger partial charge in [-0.15, -0.1) is 0 Å². The van der Waals surface area contributed by atoms with Crippen LogP contribution in [0.4, 0.5) is 4.79 Å². The first-order chi connectivity index (χ1) is 9.47. The summed E-state index contributed by atoms with van der Waals surface area (Å²) in [6.07, 6.45) is 2.65. The van der Waals surface area contributed by atoms with E-state index in [0.717, 1.165) is 12.8 Å². The fourth-order valence-corrected chi connectivity index (χ4v) is 2.36. The number of likely N-dealkylation sites (N-methyl/N-ethyl adjacent to an activating group) is 1. The van der Waals surface area contributed by atoms with E-state index in [4.69, 9.17) is 5.11 Å². The smallest absolute Gasteiger partial charge is 0.325 e. The number of methoxy groups -OCH3 is 1. The van der Waals surface area contributed by atoms with Crippen LogP contribution in [0.15, 0.2) is 0 Å². The molecule has 0 aliphatic heterocycles. The highest BCUT2D eigenvalue weighted by atomic mass is 16.5. The predicted octanol–water partition coefficient (Wildman–Crippen LogP) is 0.834. The molecule has 2 N–H and O–H groups in total. The number of urea groups is 1. The van der Waals surface area contributed by atoms with Crippen LogP contribution in [0.5, 0.6) is 0 Å². The van der Waals surface area contributed by atoms with Gasteiger partial charge in [-0.3, -0.25) is 9.59 Å². The van der Waals surface area contributed by atoms with Gasteiger partial charge in [0, 0.05) is 12.6 Å². The summed E-state index contributed by atoms with van der Waals surface area (Å²) in [6.45, 7) is 2.05. The summed E-state index contributed by atoms with van der Waals surface area (Å²) < 4.78 is 4.53. The third-order valence-corrected chi connectivity index (χ3v) is 3.57. The van der Waals surface area contributed by atoms with Gasteiger partial charge >= 0.3 is 18.0 Å². The Hall–Kier alpha value is -1.79. The van der Waals surface area contributed by atoms with Crippen LogP contribution in [0.2, 0.25) is 0 Å². The molecule has 1 rings (SSSR count). The molecule has 0 heterocycles. The number of hydrogen-bond acceptors (Lipinski definition) is 4. The zero-order valence-corrected chi connectivity index (χ0v) is 11.9. The van der Waals surface area contributed by atoms with E-state index < -0.39 is 17.9 Å². The molecule has 0 saturated heterocycles. The lowest BCUT2D eigenvalue weighted by atomic mass is 9.86. The molecule has 1 aliphatic rings. The zero-order chi connectivity index (χ0) is 15.1. The van der Waals surface area contributed by atoms with E-state index >= 15 is 0 Å². The molecule has 1 saturated carbocycles. The van der Waals surface area contributed by atoms with Crippen LogP contribution in [-0.2, 0) is 14.3 Å². The normalized spacial score (nSPS) is 21.9. The Kier molecular flexibility index (Phi) is 6.27. The van der Waals surface area contributed by atoms with E-state index in [1.54, 1.807) is 6.92 Å². The van der Waals surface area contributed by atoms with Gasteiger partial charge < -0.3 is 20.1 Å². The van der Waals surface area contributed by atoms with Gasteiger partial charge in [-0.2, -0.15) is 0 Å². The van der Waals surface area contributed by atoms with Gasteiger partial charge in [0.25, 0.3) is 0 Å². The molecule has 0 spiro atoms. The second kappa shape index (κ2) is 7.72. The quantitative estimate of drug-likeness (QED) is 0.730. The number of carboxylic acids is 1. The Morgan fingerprint density at radius 1 is 1.35 bits per heavy atom. The van der Waals surface area contributed by atoms with Gasteiger partial charge in [0.05, 0.1) is 13.0 Å². The SMILES string of the molecule is CCN(CC(=O)OC)C(=O)NC1CCCC(C(=O)O)C1. The van der Waals surface area contributed by atoms with Crippen LogP contribution < -0.4 is 5.32 Å². The van der Waals surface area contributed by atoms with Crippen molar-refractivity contribution >= 4 is 18.0 Å². The number of rotatable bonds is 5. The highest BCUT2D eigenvalue weighted by molar-refractivity contribution is 5.81. The number of nitrogens with zero attached hydrogens (tertiary/aromatic N) is 1. The highest BCUT2D eigenvalue weighted by Crippen LogP contribution is 2.24. The number of carbonyl (C=O) groups is 3. The van der Waals surface area contributed by atoms with Crippen molar-refractivity contribution in [3.05, 3.63) is 0 Å². The summed E-state index contributed by atoms with van der Waals surface area (Å²) in [4.78, 5) is 35.5. The van der Waals surface area contributed by atoms with Gasteiger partial charge in [0.1, 0.15) is 6.54 Å². The van der Waals surface area contributed by atoms with Crippen LogP contribution in [0.25, 0.3) is 0 Å². The van der Waals surface area contributed by atoms with Gasteiger partial charge in [0.2, 0.25) is 0 Å². The molecule has 0 aromatic heterocycles. The minimum absolute atomic E-state index is 0.103. The average Bonchev–Trinajstić information content (AvgIpc) is 2.44. The first kappa shape index (κ1) is 16.3. The number of nitrogens with one attached hydrogen (secondary N) is 1. The molecule has 20 heavy (non-hydrogen) atoms. The van der Waals surface area contributed by atoms with Crippen LogP contribution in [-0.4, -0.2) is 54.2 Å². The van der Waals surface area contributed by atoms with Crippen molar-refractivity contribution < 1.29 is 24.2 Å². The molecule has 0 bridgehead atoms. The summed E-state index contributed by atoms with van der Waals surface area (Å²) in [5.41, 5.74) is 0. The van der Waals surface area contributed by atoms with Crippen molar-refractivity contribution in [1.82, 2.24) is 10.2 Å².